The summed E-state index contributed by atoms with van der Waals surface area (Å²) in [6.07, 6.45) is 0. The van der Waals surface area contributed by atoms with Crippen molar-refractivity contribution in [1.29, 1.82) is 0 Å². The van der Waals surface area contributed by atoms with Gasteiger partial charge in [0, 0.05) is 51.7 Å². The molecule has 1 heterocycles. The van der Waals surface area contributed by atoms with Gasteiger partial charge in [-0.1, -0.05) is 55.8 Å². The normalized spacial score (nSPS) is 19.2. The van der Waals surface area contributed by atoms with Gasteiger partial charge in [0.25, 0.3) is 0 Å². The first kappa shape index (κ1) is 23.4. The van der Waals surface area contributed by atoms with Crippen LogP contribution in [-0.2, 0) is 16.1 Å². The molecule has 0 N–H and O–H groups in total. The Morgan fingerprint density at radius 3 is 2.58 bits per heavy atom. The van der Waals surface area contributed by atoms with Gasteiger partial charge in [-0.3, -0.25) is 9.69 Å². The Hall–Kier alpha value is -2.24. The summed E-state index contributed by atoms with van der Waals surface area (Å²) in [5, 5.41) is 0. The lowest BCUT2D eigenvalue weighted by Gasteiger charge is -2.29. The summed E-state index contributed by atoms with van der Waals surface area (Å²) < 4.78 is 19.2. The molecule has 1 amide bonds. The number of aryl methyl sites for hydroxylation is 1. The molecule has 0 spiro atoms. The highest BCUT2D eigenvalue weighted by atomic mass is 19.1. The predicted octanol–water partition coefficient (Wildman–Crippen LogP) is 4.48. The van der Waals surface area contributed by atoms with E-state index in [4.69, 9.17) is 4.74 Å². The van der Waals surface area contributed by atoms with Gasteiger partial charge in [-0.05, 0) is 36.1 Å². The first-order valence-electron chi connectivity index (χ1n) is 11.2. The van der Waals surface area contributed by atoms with Crippen molar-refractivity contribution >= 4 is 5.91 Å². The average molecular weight is 427 g/mol. The molecule has 1 fully saturated rings. The van der Waals surface area contributed by atoms with Crippen LogP contribution < -0.4 is 0 Å². The quantitative estimate of drug-likeness (QED) is 0.593. The Balaban J connectivity index is 1.80. The van der Waals surface area contributed by atoms with Gasteiger partial charge >= 0.3 is 0 Å². The zero-order valence-corrected chi connectivity index (χ0v) is 19.2. The summed E-state index contributed by atoms with van der Waals surface area (Å²) >= 11 is 0. The zero-order valence-electron chi connectivity index (χ0n) is 19.2. The van der Waals surface area contributed by atoms with E-state index in [-0.39, 0.29) is 29.5 Å². The van der Waals surface area contributed by atoms with Crippen LogP contribution in [0.4, 0.5) is 4.39 Å². The molecule has 0 radical (unpaired) electrons. The third-order valence-electron chi connectivity index (χ3n) is 6.15. The molecule has 0 aliphatic carbocycles. The third-order valence-corrected chi connectivity index (χ3v) is 6.15. The van der Waals surface area contributed by atoms with Crippen molar-refractivity contribution in [1.82, 2.24) is 9.80 Å². The van der Waals surface area contributed by atoms with Crippen molar-refractivity contribution in [3.05, 3.63) is 71.0 Å². The molecular weight excluding hydrogens is 391 g/mol. The van der Waals surface area contributed by atoms with Crippen LogP contribution in [0.1, 0.15) is 36.5 Å². The van der Waals surface area contributed by atoms with Crippen molar-refractivity contribution in [2.45, 2.75) is 33.2 Å². The van der Waals surface area contributed by atoms with E-state index in [1.54, 1.807) is 19.2 Å². The number of benzene rings is 2. The molecule has 2 atom stereocenters. The Bertz CT molecular complexity index is 853. The van der Waals surface area contributed by atoms with Crippen molar-refractivity contribution < 1.29 is 13.9 Å². The Kier molecular flexibility index (Phi) is 8.22. The van der Waals surface area contributed by atoms with E-state index in [1.807, 2.05) is 24.8 Å². The number of ether oxygens (including phenoxy) is 1. The Labute approximate surface area is 186 Å². The van der Waals surface area contributed by atoms with Gasteiger partial charge in [0.1, 0.15) is 5.82 Å². The van der Waals surface area contributed by atoms with Crippen LogP contribution in [0.25, 0.3) is 0 Å². The van der Waals surface area contributed by atoms with Crippen molar-refractivity contribution in [3.63, 3.8) is 0 Å². The number of likely N-dealkylation sites (tertiary alicyclic amines) is 1. The Morgan fingerprint density at radius 2 is 1.94 bits per heavy atom. The molecule has 2 aromatic rings. The predicted molar refractivity (Wildman–Crippen MR) is 122 cm³/mol. The summed E-state index contributed by atoms with van der Waals surface area (Å²) in [7, 11) is 1.66. The summed E-state index contributed by atoms with van der Waals surface area (Å²) in [6.45, 7) is 10.3. The molecule has 5 heteroatoms. The van der Waals surface area contributed by atoms with E-state index in [2.05, 4.69) is 36.1 Å². The van der Waals surface area contributed by atoms with Crippen LogP contribution in [-0.4, -0.2) is 55.6 Å². The van der Waals surface area contributed by atoms with Crippen LogP contribution in [0.3, 0.4) is 0 Å². The van der Waals surface area contributed by atoms with Gasteiger partial charge in [-0.25, -0.2) is 4.39 Å². The lowest BCUT2D eigenvalue weighted by Crippen LogP contribution is -2.41. The number of carbonyl (C=O) groups is 1. The molecule has 31 heavy (non-hydrogen) atoms. The first-order chi connectivity index (χ1) is 14.9. The fourth-order valence-corrected chi connectivity index (χ4v) is 4.48. The Morgan fingerprint density at radius 1 is 1.19 bits per heavy atom. The van der Waals surface area contributed by atoms with Crippen molar-refractivity contribution in [2.24, 2.45) is 11.8 Å². The molecule has 0 aromatic heterocycles. The minimum Gasteiger partial charge on any atom is -0.383 e. The maximum atomic E-state index is 14.0. The molecule has 4 nitrogen and oxygen atoms in total. The van der Waals surface area contributed by atoms with Gasteiger partial charge in [-0.2, -0.15) is 0 Å². The summed E-state index contributed by atoms with van der Waals surface area (Å²) in [5.41, 5.74) is 3.54. The average Bonchev–Trinajstić information content (AvgIpc) is 3.14. The smallest absolute Gasteiger partial charge is 0.225 e. The molecule has 168 valence electrons. The number of hydrogen-bond acceptors (Lipinski definition) is 3. The molecule has 0 unspecified atom stereocenters. The molecule has 1 aliphatic rings. The van der Waals surface area contributed by atoms with Gasteiger partial charge in [-0.15, -0.1) is 0 Å². The maximum Gasteiger partial charge on any atom is 0.225 e. The fraction of sp³-hybridized carbons (Fsp3) is 0.500. The van der Waals surface area contributed by atoms with E-state index in [0.29, 0.717) is 19.7 Å². The second-order valence-electron chi connectivity index (χ2n) is 9.03. The fourth-order valence-electron chi connectivity index (χ4n) is 4.48. The second kappa shape index (κ2) is 10.9. The van der Waals surface area contributed by atoms with Gasteiger partial charge in [0.2, 0.25) is 5.91 Å². The molecular formula is C26H35FN2O2. The van der Waals surface area contributed by atoms with Crippen molar-refractivity contribution in [3.8, 4) is 0 Å². The van der Waals surface area contributed by atoms with Crippen LogP contribution in [0, 0.1) is 24.6 Å². The number of carbonyl (C=O) groups excluding carboxylic acids is 1. The monoisotopic (exact) mass is 426 g/mol. The lowest BCUT2D eigenvalue weighted by molar-refractivity contribution is -0.135. The van der Waals surface area contributed by atoms with Crippen LogP contribution in [0.5, 0.6) is 0 Å². The largest absolute Gasteiger partial charge is 0.383 e. The molecule has 1 saturated heterocycles. The van der Waals surface area contributed by atoms with Gasteiger partial charge in [0.15, 0.2) is 0 Å². The van der Waals surface area contributed by atoms with Gasteiger partial charge in [0.05, 0.1) is 6.61 Å². The lowest BCUT2D eigenvalue weighted by atomic mass is 9.88. The van der Waals surface area contributed by atoms with E-state index < -0.39 is 0 Å². The number of nitrogens with zero attached hydrogens (tertiary/aromatic N) is 2. The standard InChI is InChI=1S/C26H35FN2O2/c1-19(2)26(30)29(12-13-31-4)17-23-16-28(15-21-10-8-20(3)9-11-21)18-25(23)22-6-5-7-24(27)14-22/h5-11,14,19,23,25H,12-13,15-18H2,1-4H3/t23-,25-/m1/s1. The number of halogens is 1. The second-order valence-corrected chi connectivity index (χ2v) is 9.03. The van der Waals surface area contributed by atoms with Crippen LogP contribution in [0.15, 0.2) is 48.5 Å². The highest BCUT2D eigenvalue weighted by Crippen LogP contribution is 2.34. The summed E-state index contributed by atoms with van der Waals surface area (Å²) in [5.74, 6) is 0.308. The minimum absolute atomic E-state index is 0.0606. The highest BCUT2D eigenvalue weighted by Gasteiger charge is 2.36. The molecule has 0 saturated carbocycles. The number of amides is 1. The molecule has 3 rings (SSSR count). The SMILES string of the molecule is COCCN(C[C@H]1CN(Cc2ccc(C)cc2)C[C@@H]1c1cccc(F)c1)C(=O)C(C)C. The number of hydrogen-bond donors (Lipinski definition) is 0. The van der Waals surface area contributed by atoms with E-state index >= 15 is 0 Å². The topological polar surface area (TPSA) is 32.8 Å². The van der Waals surface area contributed by atoms with E-state index in [0.717, 1.165) is 25.2 Å². The highest BCUT2D eigenvalue weighted by molar-refractivity contribution is 5.78. The van der Waals surface area contributed by atoms with Crippen molar-refractivity contribution in [2.75, 3.05) is 39.9 Å². The summed E-state index contributed by atoms with van der Waals surface area (Å²) in [4.78, 5) is 17.2. The first-order valence-corrected chi connectivity index (χ1v) is 11.2. The van der Waals surface area contributed by atoms with Crippen LogP contribution in [0.2, 0.25) is 0 Å². The number of methoxy groups -OCH3 is 1. The summed E-state index contributed by atoms with van der Waals surface area (Å²) in [6, 6.07) is 15.6. The molecule has 0 bridgehead atoms. The van der Waals surface area contributed by atoms with Gasteiger partial charge < -0.3 is 9.64 Å². The maximum absolute atomic E-state index is 14.0. The third kappa shape index (κ3) is 6.37. The van der Waals surface area contributed by atoms with E-state index in [1.165, 1.54) is 17.2 Å². The minimum atomic E-state index is -0.206. The number of rotatable bonds is 9. The van der Waals surface area contributed by atoms with Crippen LogP contribution >= 0.6 is 0 Å². The molecule has 2 aromatic carbocycles. The zero-order chi connectivity index (χ0) is 22.4. The molecule has 1 aliphatic heterocycles. The van der Waals surface area contributed by atoms with E-state index in [9.17, 15) is 9.18 Å².